The maximum absolute atomic E-state index is 13.4. The molecule has 1 aromatic carbocycles. The molecule has 0 unspecified atom stereocenters. The van der Waals surface area contributed by atoms with E-state index in [0.29, 0.717) is 59.8 Å². The summed E-state index contributed by atoms with van der Waals surface area (Å²) in [5.74, 6) is -0.304. The SMILES string of the molecule is CC(C)N1CCC(NC(=O)Oc2nc3c(C(=O)N4CCOCC4)cccc3n2CC(=O)Nc2ccc(Cl)cn2)CC1. The van der Waals surface area contributed by atoms with Crippen LogP contribution in [0.3, 0.4) is 0 Å². The lowest BCUT2D eigenvalue weighted by Gasteiger charge is -2.34. The molecule has 0 spiro atoms. The first-order chi connectivity index (χ1) is 19.8. The number of para-hydroxylation sites is 1. The second-order valence-electron chi connectivity index (χ2n) is 10.4. The number of benzene rings is 1. The highest BCUT2D eigenvalue weighted by Gasteiger charge is 2.27. The molecule has 12 nitrogen and oxygen atoms in total. The highest BCUT2D eigenvalue weighted by molar-refractivity contribution is 6.30. The predicted octanol–water partition coefficient (Wildman–Crippen LogP) is 3.16. The number of amides is 3. The summed E-state index contributed by atoms with van der Waals surface area (Å²) >= 11 is 5.90. The molecule has 0 aliphatic carbocycles. The van der Waals surface area contributed by atoms with E-state index in [1.807, 2.05) is 0 Å². The van der Waals surface area contributed by atoms with E-state index in [4.69, 9.17) is 21.1 Å². The van der Waals surface area contributed by atoms with E-state index in [0.717, 1.165) is 25.9 Å². The quantitative estimate of drug-likeness (QED) is 0.434. The highest BCUT2D eigenvalue weighted by atomic mass is 35.5. The minimum absolute atomic E-state index is 0.0342. The van der Waals surface area contributed by atoms with Crippen LogP contribution in [0, 0.1) is 0 Å². The fourth-order valence-corrected chi connectivity index (χ4v) is 5.19. The number of likely N-dealkylation sites (tertiary alicyclic amines) is 1. The van der Waals surface area contributed by atoms with Crippen molar-refractivity contribution >= 4 is 46.4 Å². The van der Waals surface area contributed by atoms with E-state index in [1.54, 1.807) is 35.2 Å². The van der Waals surface area contributed by atoms with Gasteiger partial charge in [0.15, 0.2) is 0 Å². The molecule has 2 fully saturated rings. The third-order valence-electron chi connectivity index (χ3n) is 7.33. The van der Waals surface area contributed by atoms with Crippen molar-refractivity contribution in [3.05, 3.63) is 47.1 Å². The van der Waals surface area contributed by atoms with Crippen LogP contribution >= 0.6 is 11.6 Å². The van der Waals surface area contributed by atoms with Crippen LogP contribution < -0.4 is 15.4 Å². The number of hydrogen-bond donors (Lipinski definition) is 2. The topological polar surface area (TPSA) is 131 Å². The molecule has 0 radical (unpaired) electrons. The molecule has 2 saturated heterocycles. The maximum Gasteiger partial charge on any atom is 0.415 e. The van der Waals surface area contributed by atoms with E-state index in [-0.39, 0.29) is 24.5 Å². The van der Waals surface area contributed by atoms with Crippen molar-refractivity contribution < 1.29 is 23.9 Å². The van der Waals surface area contributed by atoms with Crippen LogP contribution in [-0.4, -0.2) is 93.7 Å². The van der Waals surface area contributed by atoms with E-state index in [1.165, 1.54) is 10.8 Å². The Labute approximate surface area is 242 Å². The van der Waals surface area contributed by atoms with Crippen molar-refractivity contribution in [2.24, 2.45) is 0 Å². The van der Waals surface area contributed by atoms with Gasteiger partial charge in [-0.1, -0.05) is 17.7 Å². The average Bonchev–Trinajstić information content (AvgIpc) is 3.31. The third-order valence-corrected chi connectivity index (χ3v) is 7.56. The standard InChI is InChI=1S/C28H34ClN7O5/c1-18(2)34-10-8-20(9-11-34)31-28(39)41-27-33-25-21(26(38)35-12-14-40-15-13-35)4-3-5-22(25)36(27)17-24(37)32-23-7-6-19(29)16-30-23/h3-7,16,18,20H,8-15,17H2,1-2H3,(H,31,39)(H,30,32,37). The van der Waals surface area contributed by atoms with Crippen molar-refractivity contribution in [1.29, 1.82) is 0 Å². The molecule has 3 amide bonds. The first-order valence-corrected chi connectivity index (χ1v) is 14.2. The number of nitrogens with zero attached hydrogens (tertiary/aromatic N) is 5. The summed E-state index contributed by atoms with van der Waals surface area (Å²) in [5, 5.41) is 6.09. The molecule has 4 heterocycles. The lowest BCUT2D eigenvalue weighted by molar-refractivity contribution is -0.116. The van der Waals surface area contributed by atoms with Crippen LogP contribution in [0.4, 0.5) is 10.6 Å². The monoisotopic (exact) mass is 583 g/mol. The molecule has 3 aromatic rings. The summed E-state index contributed by atoms with van der Waals surface area (Å²) in [5.41, 5.74) is 1.18. The smallest absolute Gasteiger partial charge is 0.378 e. The van der Waals surface area contributed by atoms with Gasteiger partial charge in [-0.2, -0.15) is 4.98 Å². The van der Waals surface area contributed by atoms with Crippen LogP contribution in [0.2, 0.25) is 5.02 Å². The summed E-state index contributed by atoms with van der Waals surface area (Å²) in [6, 6.07) is 8.67. The summed E-state index contributed by atoms with van der Waals surface area (Å²) in [6.45, 7) is 7.69. The molecular weight excluding hydrogens is 550 g/mol. The number of aromatic nitrogens is 3. The van der Waals surface area contributed by atoms with Gasteiger partial charge in [0.25, 0.3) is 5.91 Å². The van der Waals surface area contributed by atoms with Crippen molar-refractivity contribution in [3.63, 3.8) is 0 Å². The molecule has 13 heteroatoms. The lowest BCUT2D eigenvalue weighted by atomic mass is 10.0. The normalized spacial score (nSPS) is 16.6. The molecule has 0 saturated carbocycles. The zero-order valence-corrected chi connectivity index (χ0v) is 23.9. The molecule has 2 N–H and O–H groups in total. The number of anilines is 1. The fraction of sp³-hybridized carbons (Fsp3) is 0.464. The summed E-state index contributed by atoms with van der Waals surface area (Å²) in [7, 11) is 0. The number of piperidine rings is 1. The van der Waals surface area contributed by atoms with Gasteiger partial charge in [-0.05, 0) is 51.0 Å². The van der Waals surface area contributed by atoms with Gasteiger partial charge in [0.1, 0.15) is 17.9 Å². The number of rotatable bonds is 7. The van der Waals surface area contributed by atoms with E-state index in [9.17, 15) is 14.4 Å². The van der Waals surface area contributed by atoms with Gasteiger partial charge in [0.05, 0.1) is 29.3 Å². The Morgan fingerprint density at radius 2 is 1.85 bits per heavy atom. The van der Waals surface area contributed by atoms with E-state index in [2.05, 4.69) is 39.3 Å². The number of pyridine rings is 1. The van der Waals surface area contributed by atoms with Gasteiger partial charge in [0, 0.05) is 44.5 Å². The molecule has 2 aliphatic rings. The van der Waals surface area contributed by atoms with Gasteiger partial charge in [0.2, 0.25) is 5.91 Å². The molecule has 0 bridgehead atoms. The van der Waals surface area contributed by atoms with Crippen molar-refractivity contribution in [2.45, 2.75) is 45.3 Å². The molecule has 2 aliphatic heterocycles. The Bertz CT molecular complexity index is 1400. The van der Waals surface area contributed by atoms with Crippen LogP contribution in [0.25, 0.3) is 11.0 Å². The molecule has 218 valence electrons. The number of carbonyl (C=O) groups is 3. The molecule has 5 rings (SSSR count). The van der Waals surface area contributed by atoms with Gasteiger partial charge in [-0.15, -0.1) is 0 Å². The Morgan fingerprint density at radius 3 is 2.54 bits per heavy atom. The molecule has 0 atom stereocenters. The number of ether oxygens (including phenoxy) is 2. The number of morpholine rings is 1. The van der Waals surface area contributed by atoms with E-state index < -0.39 is 12.0 Å². The number of imidazole rings is 1. The second kappa shape index (κ2) is 12.8. The fourth-order valence-electron chi connectivity index (χ4n) is 5.08. The lowest BCUT2D eigenvalue weighted by Crippen LogP contribution is -2.47. The van der Waals surface area contributed by atoms with Crippen molar-refractivity contribution in [1.82, 2.24) is 29.7 Å². The first kappa shape index (κ1) is 28.8. The number of carbonyl (C=O) groups excluding carboxylic acids is 3. The second-order valence-corrected chi connectivity index (χ2v) is 10.8. The van der Waals surface area contributed by atoms with Crippen LogP contribution in [0.5, 0.6) is 6.01 Å². The molecule has 2 aromatic heterocycles. The van der Waals surface area contributed by atoms with Crippen molar-refractivity contribution in [3.8, 4) is 6.01 Å². The van der Waals surface area contributed by atoms with Crippen LogP contribution in [-0.2, 0) is 16.1 Å². The largest absolute Gasteiger partial charge is 0.415 e. The maximum atomic E-state index is 13.4. The van der Waals surface area contributed by atoms with Gasteiger partial charge in [-0.25, -0.2) is 9.78 Å². The van der Waals surface area contributed by atoms with Gasteiger partial charge in [-0.3, -0.25) is 14.2 Å². The molecule has 41 heavy (non-hydrogen) atoms. The Kier molecular flexibility index (Phi) is 9.01. The Hall–Kier alpha value is -3.74. The van der Waals surface area contributed by atoms with Crippen LogP contribution in [0.15, 0.2) is 36.5 Å². The predicted molar refractivity (Wildman–Crippen MR) is 153 cm³/mol. The average molecular weight is 584 g/mol. The summed E-state index contributed by atoms with van der Waals surface area (Å²) in [4.78, 5) is 52.1. The number of hydrogen-bond acceptors (Lipinski definition) is 8. The highest BCUT2D eigenvalue weighted by Crippen LogP contribution is 2.26. The molecular formula is C28H34ClN7O5. The number of halogens is 1. The summed E-state index contributed by atoms with van der Waals surface area (Å²) < 4.78 is 12.6. The van der Waals surface area contributed by atoms with E-state index >= 15 is 0 Å². The Morgan fingerprint density at radius 1 is 1.10 bits per heavy atom. The number of fused-ring (bicyclic) bond motifs is 1. The van der Waals surface area contributed by atoms with Gasteiger partial charge < -0.3 is 29.9 Å². The zero-order chi connectivity index (χ0) is 28.9. The Balaban J connectivity index is 1.39. The summed E-state index contributed by atoms with van der Waals surface area (Å²) in [6.07, 6.45) is 2.37. The minimum atomic E-state index is -0.662. The number of nitrogens with one attached hydrogen (secondary N) is 2. The van der Waals surface area contributed by atoms with Crippen LogP contribution in [0.1, 0.15) is 37.0 Å². The van der Waals surface area contributed by atoms with Crippen molar-refractivity contribution in [2.75, 3.05) is 44.7 Å². The first-order valence-electron chi connectivity index (χ1n) is 13.8. The minimum Gasteiger partial charge on any atom is -0.378 e. The zero-order valence-electron chi connectivity index (χ0n) is 23.1. The third kappa shape index (κ3) is 6.95. The van der Waals surface area contributed by atoms with Gasteiger partial charge >= 0.3 is 12.1 Å².